The SMILES string of the molecule is COC(=O)c1ccn2c(C3CCCCS3)nnc2c1. The smallest absolute Gasteiger partial charge is 0.338 e. The molecule has 2 aromatic rings. The first-order chi connectivity index (χ1) is 9.29. The van der Waals surface area contributed by atoms with Crippen LogP contribution in [0.15, 0.2) is 18.3 Å². The zero-order chi connectivity index (χ0) is 13.2. The third-order valence-corrected chi connectivity index (χ3v) is 4.70. The van der Waals surface area contributed by atoms with Gasteiger partial charge in [0.05, 0.1) is 17.9 Å². The van der Waals surface area contributed by atoms with Crippen molar-refractivity contribution < 1.29 is 9.53 Å². The Morgan fingerprint density at radius 2 is 2.37 bits per heavy atom. The predicted molar refractivity (Wildman–Crippen MR) is 73.4 cm³/mol. The van der Waals surface area contributed by atoms with Crippen LogP contribution in [0.5, 0.6) is 0 Å². The maximum atomic E-state index is 11.5. The number of rotatable bonds is 2. The molecule has 0 aromatic carbocycles. The van der Waals surface area contributed by atoms with Crippen LogP contribution in [0.2, 0.25) is 0 Å². The summed E-state index contributed by atoms with van der Waals surface area (Å²) in [5.74, 6) is 1.81. The van der Waals surface area contributed by atoms with Gasteiger partial charge in [-0.2, -0.15) is 11.8 Å². The van der Waals surface area contributed by atoms with E-state index in [1.165, 1.54) is 25.7 Å². The van der Waals surface area contributed by atoms with Crippen LogP contribution >= 0.6 is 11.8 Å². The van der Waals surface area contributed by atoms with Gasteiger partial charge in [0.1, 0.15) is 0 Å². The molecule has 0 bridgehead atoms. The lowest BCUT2D eigenvalue weighted by atomic mass is 10.2. The van der Waals surface area contributed by atoms with Gasteiger partial charge in [-0.25, -0.2) is 4.79 Å². The van der Waals surface area contributed by atoms with Crippen LogP contribution in [-0.2, 0) is 4.74 Å². The molecule has 1 unspecified atom stereocenters. The normalized spacial score (nSPS) is 19.5. The Morgan fingerprint density at radius 1 is 1.47 bits per heavy atom. The minimum Gasteiger partial charge on any atom is -0.465 e. The van der Waals surface area contributed by atoms with Crippen LogP contribution in [-0.4, -0.2) is 33.4 Å². The Bertz CT molecular complexity index is 605. The van der Waals surface area contributed by atoms with Gasteiger partial charge in [-0.15, -0.1) is 10.2 Å². The fourth-order valence-electron chi connectivity index (χ4n) is 2.32. The highest BCUT2D eigenvalue weighted by atomic mass is 32.2. The monoisotopic (exact) mass is 277 g/mol. The summed E-state index contributed by atoms with van der Waals surface area (Å²) < 4.78 is 6.68. The van der Waals surface area contributed by atoms with Gasteiger partial charge in [-0.05, 0) is 30.7 Å². The average Bonchev–Trinajstić information content (AvgIpc) is 2.90. The molecular weight excluding hydrogens is 262 g/mol. The maximum Gasteiger partial charge on any atom is 0.338 e. The third kappa shape index (κ3) is 2.32. The highest BCUT2D eigenvalue weighted by Gasteiger charge is 2.21. The molecule has 6 heteroatoms. The molecule has 19 heavy (non-hydrogen) atoms. The number of thioether (sulfide) groups is 1. The Hall–Kier alpha value is -1.56. The average molecular weight is 277 g/mol. The fraction of sp³-hybridized carbons (Fsp3) is 0.462. The summed E-state index contributed by atoms with van der Waals surface area (Å²) in [6.07, 6.45) is 5.52. The fourth-order valence-corrected chi connectivity index (χ4v) is 3.62. The minimum atomic E-state index is -0.348. The Morgan fingerprint density at radius 3 is 3.11 bits per heavy atom. The molecule has 3 heterocycles. The number of pyridine rings is 1. The molecular formula is C13H15N3O2S. The first-order valence-corrected chi connectivity index (χ1v) is 7.39. The van der Waals surface area contributed by atoms with Gasteiger partial charge in [-0.1, -0.05) is 6.42 Å². The van der Waals surface area contributed by atoms with Crippen molar-refractivity contribution in [3.05, 3.63) is 29.7 Å². The number of esters is 1. The zero-order valence-electron chi connectivity index (χ0n) is 10.7. The van der Waals surface area contributed by atoms with E-state index in [1.54, 1.807) is 12.1 Å². The Balaban J connectivity index is 1.97. The van der Waals surface area contributed by atoms with Gasteiger partial charge in [0.2, 0.25) is 0 Å². The number of carbonyl (C=O) groups excluding carboxylic acids is 1. The number of fused-ring (bicyclic) bond motifs is 1. The lowest BCUT2D eigenvalue weighted by molar-refractivity contribution is 0.0600. The molecule has 1 atom stereocenters. The molecule has 0 radical (unpaired) electrons. The largest absolute Gasteiger partial charge is 0.465 e. The first-order valence-electron chi connectivity index (χ1n) is 6.34. The Labute approximate surface area is 115 Å². The number of nitrogens with zero attached hydrogens (tertiary/aromatic N) is 3. The predicted octanol–water partition coefficient (Wildman–Crippen LogP) is 2.47. The lowest BCUT2D eigenvalue weighted by Gasteiger charge is -2.19. The van der Waals surface area contributed by atoms with Gasteiger partial charge in [0.25, 0.3) is 0 Å². The van der Waals surface area contributed by atoms with E-state index in [2.05, 4.69) is 10.2 Å². The van der Waals surface area contributed by atoms with Gasteiger partial charge < -0.3 is 4.74 Å². The molecule has 100 valence electrons. The van der Waals surface area contributed by atoms with Crippen molar-refractivity contribution in [1.82, 2.24) is 14.6 Å². The second kappa shape index (κ2) is 5.21. The second-order valence-electron chi connectivity index (χ2n) is 4.55. The molecule has 0 N–H and O–H groups in total. The van der Waals surface area contributed by atoms with Crippen LogP contribution in [0.25, 0.3) is 5.65 Å². The quantitative estimate of drug-likeness (QED) is 0.789. The van der Waals surface area contributed by atoms with E-state index in [9.17, 15) is 4.79 Å². The van der Waals surface area contributed by atoms with Crippen molar-refractivity contribution in [3.8, 4) is 0 Å². The van der Waals surface area contributed by atoms with E-state index in [0.29, 0.717) is 16.5 Å². The first kappa shape index (κ1) is 12.5. The molecule has 0 saturated carbocycles. The summed E-state index contributed by atoms with van der Waals surface area (Å²) in [7, 11) is 1.38. The second-order valence-corrected chi connectivity index (χ2v) is 5.86. The lowest BCUT2D eigenvalue weighted by Crippen LogP contribution is -2.07. The van der Waals surface area contributed by atoms with Crippen LogP contribution in [0.4, 0.5) is 0 Å². The standard InChI is InChI=1S/C13H15N3O2S/c1-18-13(17)9-5-6-16-11(8-9)14-15-12(16)10-4-2-3-7-19-10/h5-6,8,10H,2-4,7H2,1H3. The van der Waals surface area contributed by atoms with E-state index >= 15 is 0 Å². The molecule has 1 aliphatic heterocycles. The van der Waals surface area contributed by atoms with Crippen molar-refractivity contribution in [2.24, 2.45) is 0 Å². The van der Waals surface area contributed by atoms with Crippen molar-refractivity contribution >= 4 is 23.4 Å². The molecule has 0 aliphatic carbocycles. The molecule has 2 aromatic heterocycles. The summed E-state index contributed by atoms with van der Waals surface area (Å²) >= 11 is 1.94. The van der Waals surface area contributed by atoms with Crippen molar-refractivity contribution in [2.75, 3.05) is 12.9 Å². The number of methoxy groups -OCH3 is 1. The summed E-state index contributed by atoms with van der Waals surface area (Å²) in [6, 6.07) is 3.47. The van der Waals surface area contributed by atoms with Crippen molar-refractivity contribution in [3.63, 3.8) is 0 Å². The van der Waals surface area contributed by atoms with Crippen LogP contribution in [0, 0.1) is 0 Å². The maximum absolute atomic E-state index is 11.5. The van der Waals surface area contributed by atoms with Gasteiger partial charge in [0, 0.05) is 6.20 Å². The topological polar surface area (TPSA) is 56.5 Å². The number of carbonyl (C=O) groups is 1. The van der Waals surface area contributed by atoms with Gasteiger partial charge >= 0.3 is 5.97 Å². The van der Waals surface area contributed by atoms with E-state index < -0.39 is 0 Å². The van der Waals surface area contributed by atoms with Crippen molar-refractivity contribution in [1.29, 1.82) is 0 Å². The van der Waals surface area contributed by atoms with Gasteiger partial charge in [0.15, 0.2) is 11.5 Å². The number of hydrogen-bond donors (Lipinski definition) is 0. The van der Waals surface area contributed by atoms with Crippen molar-refractivity contribution in [2.45, 2.75) is 24.5 Å². The summed E-state index contributed by atoms with van der Waals surface area (Å²) in [6.45, 7) is 0. The van der Waals surface area contributed by atoms with E-state index in [1.807, 2.05) is 22.4 Å². The summed E-state index contributed by atoms with van der Waals surface area (Å²) in [4.78, 5) is 11.5. The molecule has 0 spiro atoms. The highest BCUT2D eigenvalue weighted by molar-refractivity contribution is 7.99. The Kier molecular flexibility index (Phi) is 3.42. The zero-order valence-corrected chi connectivity index (χ0v) is 11.5. The van der Waals surface area contributed by atoms with E-state index in [-0.39, 0.29) is 5.97 Å². The van der Waals surface area contributed by atoms with Gasteiger partial charge in [-0.3, -0.25) is 4.40 Å². The molecule has 1 saturated heterocycles. The van der Waals surface area contributed by atoms with Crippen LogP contribution in [0.1, 0.15) is 40.7 Å². The minimum absolute atomic E-state index is 0.348. The molecule has 0 amide bonds. The summed E-state index contributed by atoms with van der Waals surface area (Å²) in [5, 5.41) is 8.86. The number of ether oxygens (including phenoxy) is 1. The number of aromatic nitrogens is 3. The van der Waals surface area contributed by atoms with Crippen LogP contribution < -0.4 is 0 Å². The van der Waals surface area contributed by atoms with E-state index in [4.69, 9.17) is 4.74 Å². The van der Waals surface area contributed by atoms with E-state index in [0.717, 1.165) is 12.2 Å². The molecule has 1 fully saturated rings. The molecule has 5 nitrogen and oxygen atoms in total. The number of hydrogen-bond acceptors (Lipinski definition) is 5. The van der Waals surface area contributed by atoms with Crippen LogP contribution in [0.3, 0.4) is 0 Å². The summed E-state index contributed by atoms with van der Waals surface area (Å²) in [5.41, 5.74) is 1.20. The molecule has 3 rings (SSSR count). The molecule has 1 aliphatic rings. The highest BCUT2D eigenvalue weighted by Crippen LogP contribution is 2.37. The third-order valence-electron chi connectivity index (χ3n) is 3.33.